The van der Waals surface area contributed by atoms with Gasteiger partial charge in [0.2, 0.25) is 0 Å². The molecule has 0 bridgehead atoms. The van der Waals surface area contributed by atoms with Crippen molar-refractivity contribution in [2.45, 2.75) is 13.8 Å². The summed E-state index contributed by atoms with van der Waals surface area (Å²) in [5.41, 5.74) is 5.62. The standard InChI is InChI=1S/C20H17N7/c1-12-10-13(2)27-20(22-12)24-18(25-27)14-7-8-17-16(11-14)23-19(26(17)3)15-6-4-5-9-21-15/h4-11H,1-3H3. The Balaban J connectivity index is 1.66. The average Bonchev–Trinajstić information content (AvgIpc) is 3.24. The van der Waals surface area contributed by atoms with Crippen LogP contribution in [0.25, 0.3) is 39.7 Å². The van der Waals surface area contributed by atoms with Gasteiger partial charge in [-0.05, 0) is 50.2 Å². The van der Waals surface area contributed by atoms with Crippen LogP contribution in [0.4, 0.5) is 0 Å². The van der Waals surface area contributed by atoms with Crippen LogP contribution in [-0.2, 0) is 7.05 Å². The van der Waals surface area contributed by atoms with E-state index in [1.54, 1.807) is 10.7 Å². The third-order valence-corrected chi connectivity index (χ3v) is 4.65. The van der Waals surface area contributed by atoms with E-state index in [1.165, 1.54) is 0 Å². The summed E-state index contributed by atoms with van der Waals surface area (Å²) in [6.07, 6.45) is 1.78. The second kappa shape index (κ2) is 5.70. The molecule has 0 saturated heterocycles. The minimum Gasteiger partial charge on any atom is -0.326 e. The van der Waals surface area contributed by atoms with Gasteiger partial charge in [-0.15, -0.1) is 5.10 Å². The van der Waals surface area contributed by atoms with Crippen LogP contribution in [0.1, 0.15) is 11.4 Å². The molecule has 1 aromatic carbocycles. The van der Waals surface area contributed by atoms with Gasteiger partial charge in [0.25, 0.3) is 5.78 Å². The van der Waals surface area contributed by atoms with E-state index in [4.69, 9.17) is 4.98 Å². The summed E-state index contributed by atoms with van der Waals surface area (Å²) < 4.78 is 3.82. The van der Waals surface area contributed by atoms with Crippen LogP contribution < -0.4 is 0 Å². The zero-order chi connectivity index (χ0) is 18.5. The Morgan fingerprint density at radius 2 is 1.81 bits per heavy atom. The first-order chi connectivity index (χ1) is 13.1. The Labute approximate surface area is 155 Å². The summed E-state index contributed by atoms with van der Waals surface area (Å²) in [6, 6.07) is 13.9. The molecular weight excluding hydrogens is 338 g/mol. The van der Waals surface area contributed by atoms with E-state index in [0.717, 1.165) is 39.5 Å². The van der Waals surface area contributed by atoms with Crippen molar-refractivity contribution in [2.24, 2.45) is 7.05 Å². The highest BCUT2D eigenvalue weighted by molar-refractivity contribution is 5.84. The molecule has 0 atom stereocenters. The Kier molecular flexibility index (Phi) is 3.30. The molecule has 4 aromatic heterocycles. The van der Waals surface area contributed by atoms with Gasteiger partial charge in [0.15, 0.2) is 11.6 Å². The second-order valence-corrected chi connectivity index (χ2v) is 6.60. The molecule has 0 amide bonds. The van der Waals surface area contributed by atoms with Crippen molar-refractivity contribution in [1.82, 2.24) is 34.1 Å². The predicted octanol–water partition coefficient (Wildman–Crippen LogP) is 3.36. The fraction of sp³-hybridized carbons (Fsp3) is 0.150. The number of benzene rings is 1. The third-order valence-electron chi connectivity index (χ3n) is 4.65. The van der Waals surface area contributed by atoms with Crippen LogP contribution in [0.15, 0.2) is 48.7 Å². The normalized spacial score (nSPS) is 11.5. The lowest BCUT2D eigenvalue weighted by atomic mass is 10.2. The molecule has 27 heavy (non-hydrogen) atoms. The lowest BCUT2D eigenvalue weighted by Crippen LogP contribution is -1.97. The fourth-order valence-electron chi connectivity index (χ4n) is 3.35. The molecule has 5 aromatic rings. The van der Waals surface area contributed by atoms with Gasteiger partial charge in [-0.25, -0.2) is 14.5 Å². The van der Waals surface area contributed by atoms with Gasteiger partial charge < -0.3 is 4.57 Å². The van der Waals surface area contributed by atoms with E-state index in [2.05, 4.69) is 20.1 Å². The lowest BCUT2D eigenvalue weighted by Gasteiger charge is -2.01. The zero-order valence-corrected chi connectivity index (χ0v) is 15.2. The van der Waals surface area contributed by atoms with Crippen LogP contribution in [0, 0.1) is 13.8 Å². The molecular formula is C20H17N7. The highest BCUT2D eigenvalue weighted by Gasteiger charge is 2.14. The van der Waals surface area contributed by atoms with Gasteiger partial charge in [-0.1, -0.05) is 6.07 Å². The molecule has 0 aliphatic rings. The first-order valence-electron chi connectivity index (χ1n) is 8.69. The van der Waals surface area contributed by atoms with Gasteiger partial charge in [0.1, 0.15) is 5.69 Å². The maximum atomic E-state index is 4.78. The number of hydrogen-bond acceptors (Lipinski definition) is 5. The first-order valence-corrected chi connectivity index (χ1v) is 8.69. The van der Waals surface area contributed by atoms with E-state index in [-0.39, 0.29) is 0 Å². The Morgan fingerprint density at radius 1 is 0.926 bits per heavy atom. The third kappa shape index (κ3) is 2.47. The highest BCUT2D eigenvalue weighted by atomic mass is 15.3. The molecule has 7 nitrogen and oxygen atoms in total. The fourth-order valence-corrected chi connectivity index (χ4v) is 3.35. The van der Waals surface area contributed by atoms with E-state index in [0.29, 0.717) is 11.6 Å². The summed E-state index contributed by atoms with van der Waals surface area (Å²) >= 11 is 0. The molecule has 5 rings (SSSR count). The number of aryl methyl sites for hydroxylation is 3. The number of pyridine rings is 1. The second-order valence-electron chi connectivity index (χ2n) is 6.60. The molecule has 0 spiro atoms. The van der Waals surface area contributed by atoms with Crippen LogP contribution in [-0.4, -0.2) is 34.1 Å². The van der Waals surface area contributed by atoms with Crippen molar-refractivity contribution in [3.05, 3.63) is 60.0 Å². The number of fused-ring (bicyclic) bond motifs is 2. The molecule has 7 heteroatoms. The van der Waals surface area contributed by atoms with E-state index < -0.39 is 0 Å². The SMILES string of the molecule is Cc1cc(C)n2nc(-c3ccc4c(c3)nc(-c3ccccn3)n4C)nc2n1. The molecule has 0 aliphatic carbocycles. The van der Waals surface area contributed by atoms with Crippen molar-refractivity contribution < 1.29 is 0 Å². The summed E-state index contributed by atoms with van der Waals surface area (Å²) in [6.45, 7) is 3.96. The van der Waals surface area contributed by atoms with E-state index in [9.17, 15) is 0 Å². The molecule has 0 unspecified atom stereocenters. The summed E-state index contributed by atoms with van der Waals surface area (Å²) in [4.78, 5) is 18.2. The molecule has 0 N–H and O–H groups in total. The quantitative estimate of drug-likeness (QED) is 0.485. The molecule has 0 aliphatic heterocycles. The Bertz CT molecular complexity index is 1300. The van der Waals surface area contributed by atoms with E-state index in [1.807, 2.05) is 67.9 Å². The monoisotopic (exact) mass is 355 g/mol. The van der Waals surface area contributed by atoms with Crippen LogP contribution in [0.5, 0.6) is 0 Å². The van der Waals surface area contributed by atoms with Gasteiger partial charge in [-0.3, -0.25) is 4.98 Å². The Morgan fingerprint density at radius 3 is 2.63 bits per heavy atom. The molecule has 132 valence electrons. The van der Waals surface area contributed by atoms with Crippen molar-refractivity contribution in [2.75, 3.05) is 0 Å². The number of nitrogens with zero attached hydrogens (tertiary/aromatic N) is 7. The van der Waals surface area contributed by atoms with Gasteiger partial charge >= 0.3 is 0 Å². The van der Waals surface area contributed by atoms with Crippen LogP contribution in [0.3, 0.4) is 0 Å². The van der Waals surface area contributed by atoms with Gasteiger partial charge in [0, 0.05) is 30.2 Å². The van der Waals surface area contributed by atoms with Crippen LogP contribution >= 0.6 is 0 Å². The summed E-state index contributed by atoms with van der Waals surface area (Å²) in [7, 11) is 2.00. The topological polar surface area (TPSA) is 73.8 Å². The Hall–Kier alpha value is -3.61. The maximum absolute atomic E-state index is 4.78. The molecule has 4 heterocycles. The maximum Gasteiger partial charge on any atom is 0.253 e. The first kappa shape index (κ1) is 15.6. The van der Waals surface area contributed by atoms with Crippen molar-refractivity contribution in [3.63, 3.8) is 0 Å². The number of imidazole rings is 1. The molecule has 0 fully saturated rings. The van der Waals surface area contributed by atoms with Gasteiger partial charge in [0.05, 0.1) is 11.0 Å². The average molecular weight is 355 g/mol. The minimum atomic E-state index is 0.609. The van der Waals surface area contributed by atoms with Crippen molar-refractivity contribution >= 4 is 16.8 Å². The van der Waals surface area contributed by atoms with Crippen LogP contribution in [0.2, 0.25) is 0 Å². The smallest absolute Gasteiger partial charge is 0.253 e. The van der Waals surface area contributed by atoms with E-state index >= 15 is 0 Å². The summed E-state index contributed by atoms with van der Waals surface area (Å²) in [5, 5.41) is 4.61. The minimum absolute atomic E-state index is 0.609. The number of hydrogen-bond donors (Lipinski definition) is 0. The number of rotatable bonds is 2. The van der Waals surface area contributed by atoms with Gasteiger partial charge in [-0.2, -0.15) is 4.98 Å². The molecule has 0 saturated carbocycles. The van der Waals surface area contributed by atoms with Crippen molar-refractivity contribution in [3.8, 4) is 22.9 Å². The highest BCUT2D eigenvalue weighted by Crippen LogP contribution is 2.26. The molecule has 0 radical (unpaired) electrons. The number of aromatic nitrogens is 7. The lowest BCUT2D eigenvalue weighted by molar-refractivity contribution is 0.888. The zero-order valence-electron chi connectivity index (χ0n) is 15.2. The summed E-state index contributed by atoms with van der Waals surface area (Å²) in [5.74, 6) is 2.08. The van der Waals surface area contributed by atoms with Crippen molar-refractivity contribution in [1.29, 1.82) is 0 Å². The predicted molar refractivity (Wildman–Crippen MR) is 103 cm³/mol. The largest absolute Gasteiger partial charge is 0.326 e.